The standard InChI is InChI=1S/C23H20ClN3O2S/c1-15-21(22(25)29)30-23(27(15)14-16-5-3-2-4-6-16)26-12-11-18(13-20(26)28)17-7-9-19(24)10-8-17/h2-13,23H,14H2,1H3,(H2,25,29). The molecule has 0 bridgehead atoms. The normalized spacial score (nSPS) is 16.2. The van der Waals surface area contributed by atoms with E-state index in [0.717, 1.165) is 22.4 Å². The van der Waals surface area contributed by atoms with Crippen molar-refractivity contribution in [2.45, 2.75) is 19.0 Å². The van der Waals surface area contributed by atoms with Crippen LogP contribution in [0.1, 0.15) is 18.0 Å². The van der Waals surface area contributed by atoms with Crippen LogP contribution in [0, 0.1) is 0 Å². The number of hydrogen-bond donors (Lipinski definition) is 1. The molecule has 2 N–H and O–H groups in total. The fourth-order valence-corrected chi connectivity index (χ4v) is 4.85. The molecular weight excluding hydrogens is 418 g/mol. The topological polar surface area (TPSA) is 68.3 Å². The number of rotatable bonds is 5. The van der Waals surface area contributed by atoms with Crippen LogP contribution in [0.15, 0.2) is 88.3 Å². The lowest BCUT2D eigenvalue weighted by molar-refractivity contribution is -0.114. The van der Waals surface area contributed by atoms with Gasteiger partial charge in [-0.15, -0.1) is 0 Å². The lowest BCUT2D eigenvalue weighted by Crippen LogP contribution is -2.32. The summed E-state index contributed by atoms with van der Waals surface area (Å²) in [7, 11) is 0. The molecule has 2 aromatic carbocycles. The first-order valence-electron chi connectivity index (χ1n) is 9.40. The number of nitrogens with zero attached hydrogens (tertiary/aromatic N) is 2. The van der Waals surface area contributed by atoms with Crippen LogP contribution >= 0.6 is 23.4 Å². The monoisotopic (exact) mass is 437 g/mol. The number of halogens is 1. The number of carbonyl (C=O) groups excluding carboxylic acids is 1. The number of allylic oxidation sites excluding steroid dienone is 1. The van der Waals surface area contributed by atoms with Crippen molar-refractivity contribution in [1.29, 1.82) is 0 Å². The number of pyridine rings is 1. The zero-order chi connectivity index (χ0) is 21.3. The maximum atomic E-state index is 13.0. The van der Waals surface area contributed by atoms with Gasteiger partial charge in [0.1, 0.15) is 0 Å². The predicted molar refractivity (Wildman–Crippen MR) is 122 cm³/mol. The number of hydrogen-bond acceptors (Lipinski definition) is 4. The summed E-state index contributed by atoms with van der Waals surface area (Å²) in [4.78, 5) is 27.5. The molecule has 1 aliphatic heterocycles. The SMILES string of the molecule is CC1=C(C(N)=O)SC(n2ccc(-c3ccc(Cl)cc3)cc2=O)N1Cc1ccccc1. The van der Waals surface area contributed by atoms with E-state index in [-0.39, 0.29) is 11.1 Å². The van der Waals surface area contributed by atoms with Gasteiger partial charge in [0.15, 0.2) is 5.50 Å². The van der Waals surface area contributed by atoms with Gasteiger partial charge in [0.05, 0.1) is 4.91 Å². The predicted octanol–water partition coefficient (Wildman–Crippen LogP) is 4.59. The highest BCUT2D eigenvalue weighted by molar-refractivity contribution is 8.04. The van der Waals surface area contributed by atoms with E-state index < -0.39 is 5.91 Å². The molecule has 1 atom stereocenters. The van der Waals surface area contributed by atoms with Crippen LogP contribution in [-0.2, 0) is 11.3 Å². The second kappa shape index (κ2) is 8.42. The summed E-state index contributed by atoms with van der Waals surface area (Å²) in [5, 5.41) is 0.645. The zero-order valence-electron chi connectivity index (χ0n) is 16.3. The minimum Gasteiger partial charge on any atom is -0.365 e. The highest BCUT2D eigenvalue weighted by Crippen LogP contribution is 2.44. The van der Waals surface area contributed by atoms with Crippen LogP contribution in [-0.4, -0.2) is 15.4 Å². The van der Waals surface area contributed by atoms with Gasteiger partial charge in [-0.05, 0) is 41.8 Å². The first kappa shape index (κ1) is 20.3. The molecule has 1 aliphatic rings. The highest BCUT2D eigenvalue weighted by atomic mass is 35.5. The summed E-state index contributed by atoms with van der Waals surface area (Å²) in [5.41, 5.74) is 8.63. The van der Waals surface area contributed by atoms with Crippen molar-refractivity contribution in [2.75, 3.05) is 0 Å². The smallest absolute Gasteiger partial charge is 0.257 e. The molecule has 4 rings (SSSR count). The van der Waals surface area contributed by atoms with E-state index in [1.165, 1.54) is 11.8 Å². The fraction of sp³-hybridized carbons (Fsp3) is 0.130. The van der Waals surface area contributed by atoms with Gasteiger partial charge in [-0.25, -0.2) is 0 Å². The number of aromatic nitrogens is 1. The second-order valence-corrected chi connectivity index (χ2v) is 8.51. The van der Waals surface area contributed by atoms with E-state index in [0.29, 0.717) is 16.5 Å². The summed E-state index contributed by atoms with van der Waals surface area (Å²) >= 11 is 7.26. The molecule has 152 valence electrons. The van der Waals surface area contributed by atoms with E-state index >= 15 is 0 Å². The van der Waals surface area contributed by atoms with Gasteiger partial charge in [0.25, 0.3) is 11.5 Å². The van der Waals surface area contributed by atoms with Crippen LogP contribution in [0.25, 0.3) is 11.1 Å². The lowest BCUT2D eigenvalue weighted by Gasteiger charge is -2.29. The summed E-state index contributed by atoms with van der Waals surface area (Å²) in [6.07, 6.45) is 1.76. The zero-order valence-corrected chi connectivity index (χ0v) is 17.9. The Hall–Kier alpha value is -2.96. The van der Waals surface area contributed by atoms with Crippen LogP contribution in [0.4, 0.5) is 0 Å². The quantitative estimate of drug-likeness (QED) is 0.633. The molecule has 30 heavy (non-hydrogen) atoms. The molecule has 1 amide bonds. The molecule has 7 heteroatoms. The van der Waals surface area contributed by atoms with Gasteiger partial charge >= 0.3 is 0 Å². The van der Waals surface area contributed by atoms with Crippen molar-refractivity contribution < 1.29 is 4.79 Å². The van der Waals surface area contributed by atoms with Gasteiger partial charge in [-0.3, -0.25) is 14.2 Å². The maximum Gasteiger partial charge on any atom is 0.257 e. The number of thioether (sulfide) groups is 1. The average molecular weight is 438 g/mol. The third-order valence-electron chi connectivity index (χ3n) is 5.03. The van der Waals surface area contributed by atoms with E-state index in [1.54, 1.807) is 29.0 Å². The fourth-order valence-electron chi connectivity index (χ4n) is 3.46. The first-order chi connectivity index (χ1) is 14.4. The van der Waals surface area contributed by atoms with Crippen molar-refractivity contribution in [3.8, 4) is 11.1 Å². The summed E-state index contributed by atoms with van der Waals surface area (Å²) in [5.74, 6) is -0.483. The summed E-state index contributed by atoms with van der Waals surface area (Å²) < 4.78 is 1.63. The molecule has 0 fully saturated rings. The molecule has 0 aliphatic carbocycles. The van der Waals surface area contributed by atoms with E-state index in [9.17, 15) is 9.59 Å². The van der Waals surface area contributed by atoms with Gasteiger partial charge in [0, 0.05) is 29.5 Å². The lowest BCUT2D eigenvalue weighted by atomic mass is 10.1. The Morgan fingerprint density at radius 3 is 2.40 bits per heavy atom. The van der Waals surface area contributed by atoms with Gasteiger partial charge in [0.2, 0.25) is 0 Å². The Labute approximate surface area is 183 Å². The molecule has 0 radical (unpaired) electrons. The minimum atomic E-state index is -0.483. The number of primary amides is 1. The average Bonchev–Trinajstić information content (AvgIpc) is 3.06. The molecule has 0 spiro atoms. The number of amides is 1. The first-order valence-corrected chi connectivity index (χ1v) is 10.7. The number of benzene rings is 2. The Balaban J connectivity index is 1.69. The van der Waals surface area contributed by atoms with Crippen molar-refractivity contribution in [3.05, 3.63) is 104 Å². The summed E-state index contributed by atoms with van der Waals surface area (Å²) in [6, 6.07) is 20.8. The minimum absolute atomic E-state index is 0.156. The Morgan fingerprint density at radius 1 is 1.07 bits per heavy atom. The molecule has 0 saturated heterocycles. The molecule has 2 heterocycles. The molecule has 3 aromatic rings. The molecular formula is C23H20ClN3O2S. The van der Waals surface area contributed by atoms with Crippen molar-refractivity contribution in [2.24, 2.45) is 5.73 Å². The van der Waals surface area contributed by atoms with Crippen LogP contribution in [0.5, 0.6) is 0 Å². The number of nitrogens with two attached hydrogens (primary N) is 1. The van der Waals surface area contributed by atoms with E-state index in [4.69, 9.17) is 17.3 Å². The van der Waals surface area contributed by atoms with Gasteiger partial charge < -0.3 is 10.6 Å². The van der Waals surface area contributed by atoms with Crippen molar-refractivity contribution in [1.82, 2.24) is 9.47 Å². The Bertz CT molecular complexity index is 1170. The third-order valence-corrected chi connectivity index (χ3v) is 6.71. The van der Waals surface area contributed by atoms with E-state index in [1.807, 2.05) is 60.4 Å². The molecule has 1 unspecified atom stereocenters. The van der Waals surface area contributed by atoms with Gasteiger partial charge in [-0.1, -0.05) is 65.8 Å². The molecule has 5 nitrogen and oxygen atoms in total. The number of carbonyl (C=O) groups is 1. The highest BCUT2D eigenvalue weighted by Gasteiger charge is 2.34. The third kappa shape index (κ3) is 4.01. The molecule has 0 saturated carbocycles. The molecule has 1 aromatic heterocycles. The Morgan fingerprint density at radius 2 is 1.77 bits per heavy atom. The largest absolute Gasteiger partial charge is 0.365 e. The Kier molecular flexibility index (Phi) is 5.70. The van der Waals surface area contributed by atoms with Crippen molar-refractivity contribution in [3.63, 3.8) is 0 Å². The summed E-state index contributed by atoms with van der Waals surface area (Å²) in [6.45, 7) is 2.43. The van der Waals surface area contributed by atoms with Crippen LogP contribution < -0.4 is 11.3 Å². The van der Waals surface area contributed by atoms with Crippen LogP contribution in [0.2, 0.25) is 5.02 Å². The van der Waals surface area contributed by atoms with Crippen molar-refractivity contribution >= 4 is 29.3 Å². The second-order valence-electron chi connectivity index (χ2n) is 7.00. The van der Waals surface area contributed by atoms with Gasteiger partial charge in [-0.2, -0.15) is 0 Å². The van der Waals surface area contributed by atoms with Crippen LogP contribution in [0.3, 0.4) is 0 Å². The maximum absolute atomic E-state index is 13.0. The van der Waals surface area contributed by atoms with E-state index in [2.05, 4.69) is 0 Å².